The molecular formula is C25H31NO3. The molecule has 5 aliphatic carbocycles. The quantitative estimate of drug-likeness (QED) is 0.710. The summed E-state index contributed by atoms with van der Waals surface area (Å²) in [4.78, 5) is 15.9. The van der Waals surface area contributed by atoms with Crippen molar-refractivity contribution >= 4 is 5.91 Å². The number of benzene rings is 1. The summed E-state index contributed by atoms with van der Waals surface area (Å²) in [5.74, 6) is 5.53. The highest BCUT2D eigenvalue weighted by Crippen LogP contribution is 2.65. The fraction of sp³-hybridized carbons (Fsp3) is 0.720. The Hall–Kier alpha value is -1.71. The molecule has 0 N–H and O–H groups in total. The predicted molar refractivity (Wildman–Crippen MR) is 109 cm³/mol. The zero-order valence-corrected chi connectivity index (χ0v) is 17.5. The van der Waals surface area contributed by atoms with Crippen molar-refractivity contribution in [2.24, 2.45) is 29.1 Å². The Bertz CT molecular complexity index is 873. The van der Waals surface area contributed by atoms with Gasteiger partial charge in [0, 0.05) is 11.5 Å². The molecule has 8 rings (SSSR count). The Morgan fingerprint density at radius 1 is 0.931 bits per heavy atom. The summed E-state index contributed by atoms with van der Waals surface area (Å²) in [6.45, 7) is 4.71. The van der Waals surface area contributed by atoms with E-state index in [4.69, 9.17) is 9.47 Å². The molecule has 1 atom stereocenters. The lowest BCUT2D eigenvalue weighted by Crippen LogP contribution is -2.76. The largest absolute Gasteiger partial charge is 0.454 e. The fourth-order valence-electron chi connectivity index (χ4n) is 8.52. The van der Waals surface area contributed by atoms with E-state index in [1.807, 2.05) is 0 Å². The number of rotatable bonds is 3. The van der Waals surface area contributed by atoms with Gasteiger partial charge in [-0.05, 0) is 100 Å². The number of hydrogen-bond acceptors (Lipinski definition) is 3. The number of carbonyl (C=O) groups is 1. The molecule has 1 amide bonds. The van der Waals surface area contributed by atoms with Crippen LogP contribution in [0.25, 0.3) is 0 Å². The lowest BCUT2D eigenvalue weighted by Gasteiger charge is -2.66. The van der Waals surface area contributed by atoms with Crippen LogP contribution in [0.15, 0.2) is 18.2 Å². The van der Waals surface area contributed by atoms with Crippen LogP contribution in [0.2, 0.25) is 0 Å². The molecule has 4 nitrogen and oxygen atoms in total. The number of fused-ring (bicyclic) bond motifs is 1. The molecule has 7 aliphatic rings. The first-order chi connectivity index (χ1) is 14.0. The van der Waals surface area contributed by atoms with Crippen molar-refractivity contribution in [1.82, 2.24) is 4.90 Å². The van der Waals surface area contributed by atoms with Crippen LogP contribution in [0.3, 0.4) is 0 Å². The molecule has 29 heavy (non-hydrogen) atoms. The maximum Gasteiger partial charge on any atom is 0.231 e. The molecule has 0 aromatic heterocycles. The molecule has 0 radical (unpaired) electrons. The van der Waals surface area contributed by atoms with E-state index >= 15 is 0 Å². The second-order valence-electron chi connectivity index (χ2n) is 11.5. The average Bonchev–Trinajstić information content (AvgIpc) is 3.33. The number of carbonyl (C=O) groups excluding carboxylic acids is 1. The van der Waals surface area contributed by atoms with Crippen LogP contribution in [-0.2, 0) is 10.2 Å². The molecule has 5 saturated carbocycles. The first-order valence-corrected chi connectivity index (χ1v) is 11.7. The van der Waals surface area contributed by atoms with Crippen LogP contribution in [-0.4, -0.2) is 29.7 Å². The van der Waals surface area contributed by atoms with Crippen LogP contribution < -0.4 is 9.47 Å². The van der Waals surface area contributed by atoms with Crippen molar-refractivity contribution in [3.05, 3.63) is 23.8 Å². The fourth-order valence-corrected chi connectivity index (χ4v) is 8.52. The van der Waals surface area contributed by atoms with Crippen LogP contribution in [0.1, 0.15) is 64.4 Å². The van der Waals surface area contributed by atoms with Crippen LogP contribution >= 0.6 is 0 Å². The van der Waals surface area contributed by atoms with Gasteiger partial charge in [0.2, 0.25) is 12.7 Å². The van der Waals surface area contributed by atoms with E-state index in [1.165, 1.54) is 50.5 Å². The summed E-state index contributed by atoms with van der Waals surface area (Å²) < 4.78 is 11.2. The summed E-state index contributed by atoms with van der Waals surface area (Å²) in [5, 5.41) is 0. The molecule has 2 heterocycles. The minimum absolute atomic E-state index is 0.104. The molecule has 1 aromatic rings. The number of β-lactam (4-membered cyclic amide) rings is 1. The number of nitrogens with zero attached hydrogens (tertiary/aromatic N) is 1. The monoisotopic (exact) mass is 393 g/mol. The second kappa shape index (κ2) is 5.31. The van der Waals surface area contributed by atoms with Gasteiger partial charge in [0.15, 0.2) is 11.5 Å². The van der Waals surface area contributed by atoms with Crippen LogP contribution in [0.4, 0.5) is 0 Å². The topological polar surface area (TPSA) is 38.8 Å². The van der Waals surface area contributed by atoms with Gasteiger partial charge in [-0.25, -0.2) is 0 Å². The Labute approximate surface area is 172 Å². The lowest BCUT2D eigenvalue weighted by molar-refractivity contribution is -0.195. The minimum Gasteiger partial charge on any atom is -0.454 e. The van der Waals surface area contributed by atoms with E-state index in [9.17, 15) is 4.79 Å². The van der Waals surface area contributed by atoms with E-state index in [-0.39, 0.29) is 10.8 Å². The molecule has 1 unspecified atom stereocenters. The zero-order valence-electron chi connectivity index (χ0n) is 17.5. The van der Waals surface area contributed by atoms with Gasteiger partial charge in [-0.15, -0.1) is 0 Å². The van der Waals surface area contributed by atoms with E-state index in [0.717, 1.165) is 35.2 Å². The maximum atomic E-state index is 13.5. The van der Waals surface area contributed by atoms with E-state index in [0.29, 0.717) is 24.8 Å². The summed E-state index contributed by atoms with van der Waals surface area (Å²) in [5.41, 5.74) is 1.19. The van der Waals surface area contributed by atoms with E-state index in [1.54, 1.807) is 0 Å². The van der Waals surface area contributed by atoms with Gasteiger partial charge in [-0.2, -0.15) is 0 Å². The van der Waals surface area contributed by atoms with E-state index < -0.39 is 0 Å². The highest BCUT2D eigenvalue weighted by atomic mass is 16.7. The van der Waals surface area contributed by atoms with Gasteiger partial charge >= 0.3 is 0 Å². The van der Waals surface area contributed by atoms with Crippen molar-refractivity contribution in [2.45, 2.75) is 76.3 Å². The van der Waals surface area contributed by atoms with E-state index in [2.05, 4.69) is 36.9 Å². The third-order valence-electron chi connectivity index (χ3n) is 9.51. The number of ether oxygens (including phenoxy) is 2. The molecule has 2 aliphatic heterocycles. The summed E-state index contributed by atoms with van der Waals surface area (Å²) in [6, 6.07) is 7.32. The molecule has 4 heteroatoms. The molecule has 1 aromatic carbocycles. The molecule has 6 fully saturated rings. The van der Waals surface area contributed by atoms with Crippen molar-refractivity contribution in [1.29, 1.82) is 0 Å². The summed E-state index contributed by atoms with van der Waals surface area (Å²) in [7, 11) is 0. The minimum atomic E-state index is -0.262. The predicted octanol–water partition coefficient (Wildman–Crippen LogP) is 4.51. The Morgan fingerprint density at radius 2 is 1.59 bits per heavy atom. The highest BCUT2D eigenvalue weighted by Gasteiger charge is 2.70. The van der Waals surface area contributed by atoms with Gasteiger partial charge in [-0.3, -0.25) is 4.79 Å². The molecule has 4 bridgehead atoms. The first kappa shape index (κ1) is 17.0. The molecule has 0 spiro atoms. The summed E-state index contributed by atoms with van der Waals surface area (Å²) >= 11 is 0. The summed E-state index contributed by atoms with van der Waals surface area (Å²) in [6.07, 6.45) is 9.29. The molecular weight excluding hydrogens is 362 g/mol. The number of amides is 1. The molecule has 154 valence electrons. The van der Waals surface area contributed by atoms with Crippen molar-refractivity contribution < 1.29 is 14.3 Å². The highest BCUT2D eigenvalue weighted by molar-refractivity contribution is 5.91. The third-order valence-corrected chi connectivity index (χ3v) is 9.51. The average molecular weight is 394 g/mol. The maximum absolute atomic E-state index is 13.5. The Morgan fingerprint density at radius 3 is 2.24 bits per heavy atom. The van der Waals surface area contributed by atoms with Gasteiger partial charge in [0.05, 0.1) is 11.5 Å². The van der Waals surface area contributed by atoms with Crippen molar-refractivity contribution in [3.63, 3.8) is 0 Å². The lowest BCUT2D eigenvalue weighted by atomic mass is 9.52. The Balaban J connectivity index is 1.27. The van der Waals surface area contributed by atoms with Crippen molar-refractivity contribution in [3.8, 4) is 11.5 Å². The second-order valence-corrected chi connectivity index (χ2v) is 11.5. The van der Waals surface area contributed by atoms with Gasteiger partial charge in [0.25, 0.3) is 0 Å². The first-order valence-electron chi connectivity index (χ1n) is 11.7. The third kappa shape index (κ3) is 2.08. The Kier molecular flexibility index (Phi) is 3.11. The van der Waals surface area contributed by atoms with Crippen LogP contribution in [0.5, 0.6) is 11.5 Å². The van der Waals surface area contributed by atoms with Gasteiger partial charge in [-0.1, -0.05) is 6.07 Å². The molecule has 1 saturated heterocycles. The SMILES string of the molecule is CC1(C)C(=O)N(C2C3CC4CC(C3)CC2C4)C1C1(c2ccc3c(c2)OCO3)CC1. The number of hydrogen-bond donors (Lipinski definition) is 0. The number of likely N-dealkylation sites (tertiary alicyclic amines) is 1. The van der Waals surface area contributed by atoms with Crippen LogP contribution in [0, 0.1) is 29.1 Å². The van der Waals surface area contributed by atoms with Crippen molar-refractivity contribution in [2.75, 3.05) is 6.79 Å². The van der Waals surface area contributed by atoms with Gasteiger partial charge in [0.1, 0.15) is 0 Å². The van der Waals surface area contributed by atoms with Gasteiger partial charge < -0.3 is 14.4 Å². The smallest absolute Gasteiger partial charge is 0.231 e. The normalized spacial score (nSPS) is 42.1. The zero-order chi connectivity index (χ0) is 19.5. The standard InChI is InChI=1S/C25H31NO3/c1-24(2)22(25(5-6-25)18-3-4-19-20(12-18)29-13-28-19)26(23(24)27)21-16-8-14-7-15(10-16)11-17(21)9-14/h3-4,12,14-17,21-22H,5-11,13H2,1-2H3.